The van der Waals surface area contributed by atoms with E-state index in [2.05, 4.69) is 46.0 Å². The van der Waals surface area contributed by atoms with E-state index in [0.29, 0.717) is 12.2 Å². The van der Waals surface area contributed by atoms with E-state index in [1.54, 1.807) is 6.33 Å². The molecule has 0 saturated heterocycles. The number of imidazole rings is 1. The number of nitrogens with zero attached hydrogens (tertiary/aromatic N) is 3. The maximum absolute atomic E-state index is 6.10. The Bertz CT molecular complexity index is 513. The zero-order chi connectivity index (χ0) is 13.2. The Morgan fingerprint density at radius 1 is 1.33 bits per heavy atom. The molecule has 0 aliphatic rings. The van der Waals surface area contributed by atoms with Gasteiger partial charge in [0.25, 0.3) is 0 Å². The summed E-state index contributed by atoms with van der Waals surface area (Å²) in [5.41, 5.74) is 7.81. The number of nitrogens with two attached hydrogens (primary N) is 1. The molecule has 0 spiro atoms. The Kier molecular flexibility index (Phi) is 3.47. The van der Waals surface area contributed by atoms with Crippen LogP contribution in [-0.2, 0) is 0 Å². The van der Waals surface area contributed by atoms with Crippen molar-refractivity contribution in [3.63, 3.8) is 0 Å². The van der Waals surface area contributed by atoms with Crippen LogP contribution in [0.15, 0.2) is 12.7 Å². The van der Waals surface area contributed by atoms with Gasteiger partial charge in [-0.05, 0) is 11.8 Å². The number of anilines is 1. The summed E-state index contributed by atoms with van der Waals surface area (Å²) in [6.07, 6.45) is 4.07. The number of hydrogen-bond acceptors (Lipinski definition) is 5. The molecule has 2 aromatic rings. The van der Waals surface area contributed by atoms with E-state index in [4.69, 9.17) is 5.73 Å². The number of H-pyrrole nitrogens is 1. The molecule has 0 radical (unpaired) electrons. The van der Waals surface area contributed by atoms with Gasteiger partial charge >= 0.3 is 0 Å². The summed E-state index contributed by atoms with van der Waals surface area (Å²) in [4.78, 5) is 15.4. The van der Waals surface area contributed by atoms with Crippen molar-refractivity contribution >= 4 is 17.0 Å². The van der Waals surface area contributed by atoms with E-state index < -0.39 is 0 Å². The largest absolute Gasteiger partial charge is 0.367 e. The second-order valence-corrected chi connectivity index (χ2v) is 5.73. The lowest BCUT2D eigenvalue weighted by atomic mass is 9.88. The Morgan fingerprint density at radius 3 is 2.83 bits per heavy atom. The van der Waals surface area contributed by atoms with Crippen molar-refractivity contribution in [1.82, 2.24) is 19.9 Å². The van der Waals surface area contributed by atoms with Crippen LogP contribution >= 0.6 is 0 Å². The molecule has 2 aromatic heterocycles. The molecule has 1 atom stereocenters. The van der Waals surface area contributed by atoms with Gasteiger partial charge in [0.15, 0.2) is 11.5 Å². The number of rotatable bonds is 4. The van der Waals surface area contributed by atoms with Crippen LogP contribution in [0.25, 0.3) is 11.2 Å². The quantitative estimate of drug-likeness (QED) is 0.763. The Balaban J connectivity index is 2.00. The van der Waals surface area contributed by atoms with Crippen LogP contribution in [0.3, 0.4) is 0 Å². The van der Waals surface area contributed by atoms with Crippen molar-refractivity contribution in [2.45, 2.75) is 33.2 Å². The molecule has 2 rings (SSSR count). The first-order valence-corrected chi connectivity index (χ1v) is 6.09. The Labute approximate surface area is 106 Å². The molecule has 6 nitrogen and oxygen atoms in total. The van der Waals surface area contributed by atoms with Crippen LogP contribution in [-0.4, -0.2) is 32.5 Å². The highest BCUT2D eigenvalue weighted by Crippen LogP contribution is 2.20. The van der Waals surface area contributed by atoms with Crippen LogP contribution in [0, 0.1) is 5.41 Å². The number of aromatic amines is 1. The second-order valence-electron chi connectivity index (χ2n) is 5.73. The van der Waals surface area contributed by atoms with E-state index in [-0.39, 0.29) is 11.5 Å². The number of aromatic nitrogens is 4. The maximum atomic E-state index is 6.10. The van der Waals surface area contributed by atoms with Gasteiger partial charge in [0.1, 0.15) is 11.8 Å². The monoisotopic (exact) mass is 248 g/mol. The van der Waals surface area contributed by atoms with Gasteiger partial charge in [-0.15, -0.1) is 0 Å². The Morgan fingerprint density at radius 2 is 2.11 bits per heavy atom. The number of hydrogen-bond donors (Lipinski definition) is 3. The topological polar surface area (TPSA) is 92.5 Å². The van der Waals surface area contributed by atoms with Gasteiger partial charge in [0.05, 0.1) is 6.33 Å². The average Bonchev–Trinajstić information content (AvgIpc) is 2.72. The van der Waals surface area contributed by atoms with Gasteiger partial charge in [-0.1, -0.05) is 20.8 Å². The molecule has 6 heteroatoms. The summed E-state index contributed by atoms with van der Waals surface area (Å²) >= 11 is 0. The fraction of sp³-hybridized carbons (Fsp3) is 0.583. The molecule has 0 bridgehead atoms. The lowest BCUT2D eigenvalue weighted by molar-refractivity contribution is 0.344. The van der Waals surface area contributed by atoms with Crippen LogP contribution in [0.1, 0.15) is 27.2 Å². The SMILES string of the molecule is CC(C)(C)CC(N)CNc1ncnc2nc[nH]c12. The zero-order valence-electron chi connectivity index (χ0n) is 11.1. The minimum atomic E-state index is 0.0953. The van der Waals surface area contributed by atoms with Crippen LogP contribution in [0.4, 0.5) is 5.82 Å². The molecule has 2 heterocycles. The Hall–Kier alpha value is -1.69. The molecule has 0 aromatic carbocycles. The normalized spacial score (nSPS) is 13.8. The molecule has 0 amide bonds. The molecule has 0 aliphatic carbocycles. The summed E-state index contributed by atoms with van der Waals surface area (Å²) < 4.78 is 0. The van der Waals surface area contributed by atoms with E-state index in [1.807, 2.05) is 0 Å². The highest BCUT2D eigenvalue weighted by atomic mass is 15.1. The van der Waals surface area contributed by atoms with Crippen molar-refractivity contribution < 1.29 is 0 Å². The minimum absolute atomic E-state index is 0.0953. The third kappa shape index (κ3) is 3.16. The third-order valence-electron chi connectivity index (χ3n) is 2.63. The van der Waals surface area contributed by atoms with E-state index in [9.17, 15) is 0 Å². The van der Waals surface area contributed by atoms with Crippen LogP contribution < -0.4 is 11.1 Å². The minimum Gasteiger partial charge on any atom is -0.367 e. The predicted octanol–water partition coefficient (Wildman–Crippen LogP) is 1.53. The molecular weight excluding hydrogens is 228 g/mol. The fourth-order valence-corrected chi connectivity index (χ4v) is 1.99. The van der Waals surface area contributed by atoms with Crippen molar-refractivity contribution in [2.75, 3.05) is 11.9 Å². The number of fused-ring (bicyclic) bond motifs is 1. The molecule has 98 valence electrons. The lowest BCUT2D eigenvalue weighted by Gasteiger charge is -2.23. The van der Waals surface area contributed by atoms with Crippen molar-refractivity contribution in [2.24, 2.45) is 11.1 Å². The van der Waals surface area contributed by atoms with E-state index in [1.165, 1.54) is 6.33 Å². The van der Waals surface area contributed by atoms with Gasteiger partial charge in [-0.2, -0.15) is 0 Å². The molecule has 18 heavy (non-hydrogen) atoms. The van der Waals surface area contributed by atoms with Crippen molar-refractivity contribution in [3.8, 4) is 0 Å². The number of nitrogens with one attached hydrogen (secondary N) is 2. The predicted molar refractivity (Wildman–Crippen MR) is 72.2 cm³/mol. The fourth-order valence-electron chi connectivity index (χ4n) is 1.99. The van der Waals surface area contributed by atoms with Crippen LogP contribution in [0.2, 0.25) is 0 Å². The molecular formula is C12H20N6. The molecule has 0 saturated carbocycles. The lowest BCUT2D eigenvalue weighted by Crippen LogP contribution is -2.33. The van der Waals surface area contributed by atoms with E-state index in [0.717, 1.165) is 17.8 Å². The molecule has 4 N–H and O–H groups in total. The smallest absolute Gasteiger partial charge is 0.182 e. The summed E-state index contributed by atoms with van der Waals surface area (Å²) in [6, 6.07) is 0.0953. The van der Waals surface area contributed by atoms with E-state index >= 15 is 0 Å². The summed E-state index contributed by atoms with van der Waals surface area (Å²) in [5.74, 6) is 0.752. The van der Waals surface area contributed by atoms with Gasteiger partial charge < -0.3 is 16.0 Å². The first-order chi connectivity index (χ1) is 8.46. The van der Waals surface area contributed by atoms with Crippen molar-refractivity contribution in [3.05, 3.63) is 12.7 Å². The standard InChI is InChI=1S/C12H20N6/c1-12(2,3)4-8(13)5-14-10-9-11(16-6-15-9)18-7-17-10/h6-8H,4-5,13H2,1-3H3,(H2,14,15,16,17,18). The second kappa shape index (κ2) is 4.89. The molecule has 1 unspecified atom stereocenters. The summed E-state index contributed by atoms with van der Waals surface area (Å²) in [5, 5.41) is 3.25. The van der Waals surface area contributed by atoms with Gasteiger partial charge in [-0.3, -0.25) is 0 Å². The first kappa shape index (κ1) is 12.8. The zero-order valence-corrected chi connectivity index (χ0v) is 11.1. The summed E-state index contributed by atoms with van der Waals surface area (Å²) in [7, 11) is 0. The maximum Gasteiger partial charge on any atom is 0.182 e. The summed E-state index contributed by atoms with van der Waals surface area (Å²) in [6.45, 7) is 7.24. The highest BCUT2D eigenvalue weighted by Gasteiger charge is 2.16. The third-order valence-corrected chi connectivity index (χ3v) is 2.63. The van der Waals surface area contributed by atoms with Gasteiger partial charge in [0, 0.05) is 12.6 Å². The van der Waals surface area contributed by atoms with Gasteiger partial charge in [-0.25, -0.2) is 15.0 Å². The highest BCUT2D eigenvalue weighted by molar-refractivity contribution is 5.81. The molecule has 0 aliphatic heterocycles. The molecule has 0 fully saturated rings. The van der Waals surface area contributed by atoms with Crippen LogP contribution in [0.5, 0.6) is 0 Å². The van der Waals surface area contributed by atoms with Crippen molar-refractivity contribution in [1.29, 1.82) is 0 Å². The first-order valence-electron chi connectivity index (χ1n) is 6.09. The average molecular weight is 248 g/mol. The van der Waals surface area contributed by atoms with Gasteiger partial charge in [0.2, 0.25) is 0 Å².